The molecule has 228 valence electrons. The molecule has 2 aliphatic rings. The first-order valence-electron chi connectivity index (χ1n) is 15.0. The number of carboxylic acids is 1. The number of carboxylic acid groups (broad SMARTS) is 1. The summed E-state index contributed by atoms with van der Waals surface area (Å²) in [6.07, 6.45) is 3.52. The lowest BCUT2D eigenvalue weighted by Crippen LogP contribution is -2.34. The number of nitrogens with zero attached hydrogens (tertiary/aromatic N) is 5. The molecule has 2 aromatic carbocycles. The van der Waals surface area contributed by atoms with Crippen LogP contribution in [0, 0.1) is 23.2 Å². The maximum atomic E-state index is 13.7. The van der Waals surface area contributed by atoms with Crippen molar-refractivity contribution in [1.82, 2.24) is 9.78 Å². The van der Waals surface area contributed by atoms with Crippen LogP contribution in [0.25, 0.3) is 0 Å². The number of rotatable bonds is 10. The highest BCUT2D eigenvalue weighted by Gasteiger charge is 2.32. The summed E-state index contributed by atoms with van der Waals surface area (Å²) in [6, 6.07) is 11.8. The largest absolute Gasteiger partial charge is 0.481 e. The number of fused-ring (bicyclic) bond motifs is 1. The molecule has 0 atom stereocenters. The molecule has 5 rings (SSSR count). The highest BCUT2D eigenvalue weighted by molar-refractivity contribution is 5.70. The van der Waals surface area contributed by atoms with Crippen molar-refractivity contribution < 1.29 is 23.1 Å². The Morgan fingerprint density at radius 1 is 1.07 bits per heavy atom. The first-order valence-corrected chi connectivity index (χ1v) is 15.0. The number of hydrogen-bond acceptors (Lipinski definition) is 5. The second kappa shape index (κ2) is 12.7. The SMILES string of the molecule is CCN(CC1CCC(C(=O)O)CC1)c1cc2c(cc1CN(Cc1cc(C#N)cc(C(F)(F)F)c1)c1ccn(C)n1)CCC2. The maximum Gasteiger partial charge on any atom is 0.416 e. The van der Waals surface area contributed by atoms with Gasteiger partial charge in [-0.05, 0) is 104 Å². The van der Waals surface area contributed by atoms with Crippen LogP contribution in [0.4, 0.5) is 24.7 Å². The fraction of sp³-hybridized carbons (Fsp3) is 0.485. The monoisotopic (exact) mass is 593 g/mol. The third kappa shape index (κ3) is 7.15. The molecule has 1 saturated carbocycles. The van der Waals surface area contributed by atoms with E-state index in [-0.39, 0.29) is 18.0 Å². The summed E-state index contributed by atoms with van der Waals surface area (Å²) in [4.78, 5) is 15.8. The predicted molar refractivity (Wildman–Crippen MR) is 159 cm³/mol. The summed E-state index contributed by atoms with van der Waals surface area (Å²) in [7, 11) is 1.80. The average molecular weight is 594 g/mol. The minimum Gasteiger partial charge on any atom is -0.481 e. The van der Waals surface area contributed by atoms with Crippen molar-refractivity contribution in [3.05, 3.63) is 76.0 Å². The molecular formula is C33H38F3N5O2. The van der Waals surface area contributed by atoms with E-state index >= 15 is 0 Å². The van der Waals surface area contributed by atoms with Crippen molar-refractivity contribution in [2.45, 2.75) is 71.1 Å². The Balaban J connectivity index is 1.48. The number of alkyl halides is 3. The molecule has 0 bridgehead atoms. The van der Waals surface area contributed by atoms with Gasteiger partial charge in [-0.1, -0.05) is 6.07 Å². The van der Waals surface area contributed by atoms with Gasteiger partial charge in [0.1, 0.15) is 0 Å². The topological polar surface area (TPSA) is 85.4 Å². The zero-order chi connectivity index (χ0) is 30.7. The zero-order valence-electron chi connectivity index (χ0n) is 24.7. The van der Waals surface area contributed by atoms with E-state index in [1.165, 1.54) is 17.2 Å². The van der Waals surface area contributed by atoms with Gasteiger partial charge < -0.3 is 14.9 Å². The molecule has 7 nitrogen and oxygen atoms in total. The highest BCUT2D eigenvalue weighted by Crippen LogP contribution is 2.36. The summed E-state index contributed by atoms with van der Waals surface area (Å²) in [6.45, 7) is 4.32. The van der Waals surface area contributed by atoms with Gasteiger partial charge in [0.15, 0.2) is 5.82 Å². The minimum absolute atomic E-state index is 0.0289. The van der Waals surface area contributed by atoms with Gasteiger partial charge in [0, 0.05) is 51.2 Å². The molecule has 3 aromatic rings. The fourth-order valence-electron chi connectivity index (χ4n) is 6.61. The Kier molecular flexibility index (Phi) is 9.00. The quantitative estimate of drug-likeness (QED) is 0.281. The van der Waals surface area contributed by atoms with Crippen molar-refractivity contribution in [2.24, 2.45) is 18.9 Å². The van der Waals surface area contributed by atoms with Crippen LogP contribution < -0.4 is 9.80 Å². The first-order chi connectivity index (χ1) is 20.5. The molecule has 0 amide bonds. The van der Waals surface area contributed by atoms with Crippen molar-refractivity contribution in [3.8, 4) is 6.07 Å². The number of nitriles is 1. The van der Waals surface area contributed by atoms with Gasteiger partial charge in [-0.2, -0.15) is 23.5 Å². The summed E-state index contributed by atoms with van der Waals surface area (Å²) >= 11 is 0. The predicted octanol–water partition coefficient (Wildman–Crippen LogP) is 6.72. The standard InChI is InChI=1S/C33H38F3N5O2/c1-3-40(19-22-7-9-25(10-8-22)32(42)43)30-17-27-6-4-5-26(27)16-28(30)21-41(31-11-12-39(2)38-31)20-24-13-23(18-37)14-29(15-24)33(34,35)36/h11-17,22,25H,3-10,19-21H2,1-2H3,(H,42,43). The van der Waals surface area contributed by atoms with E-state index < -0.39 is 17.7 Å². The molecule has 0 spiro atoms. The molecular weight excluding hydrogens is 555 g/mol. The van der Waals surface area contributed by atoms with E-state index in [1.54, 1.807) is 11.7 Å². The lowest BCUT2D eigenvalue weighted by atomic mass is 9.81. The van der Waals surface area contributed by atoms with Gasteiger partial charge >= 0.3 is 12.1 Å². The smallest absolute Gasteiger partial charge is 0.416 e. The van der Waals surface area contributed by atoms with Crippen LogP contribution >= 0.6 is 0 Å². The van der Waals surface area contributed by atoms with Crippen molar-refractivity contribution in [3.63, 3.8) is 0 Å². The number of aryl methyl sites for hydroxylation is 3. The summed E-state index contributed by atoms with van der Waals surface area (Å²) in [5.74, 6) is 0.0770. The second-order valence-corrected chi connectivity index (χ2v) is 11.9. The average Bonchev–Trinajstić information content (AvgIpc) is 3.63. The maximum absolute atomic E-state index is 13.7. The number of hydrogen-bond donors (Lipinski definition) is 1. The van der Waals surface area contributed by atoms with Gasteiger partial charge in [0.25, 0.3) is 0 Å². The molecule has 1 fully saturated rings. The van der Waals surface area contributed by atoms with Gasteiger partial charge in [0.2, 0.25) is 0 Å². The van der Waals surface area contributed by atoms with Crippen LogP contribution in [0.3, 0.4) is 0 Å². The van der Waals surface area contributed by atoms with Crippen LogP contribution in [0.15, 0.2) is 42.6 Å². The normalized spacial score (nSPS) is 18.2. The van der Waals surface area contributed by atoms with E-state index in [0.717, 1.165) is 68.6 Å². The van der Waals surface area contributed by atoms with E-state index in [9.17, 15) is 28.3 Å². The lowest BCUT2D eigenvalue weighted by molar-refractivity contribution is -0.143. The highest BCUT2D eigenvalue weighted by atomic mass is 19.4. The third-order valence-electron chi connectivity index (χ3n) is 8.90. The fourth-order valence-corrected chi connectivity index (χ4v) is 6.61. The van der Waals surface area contributed by atoms with E-state index in [0.29, 0.717) is 36.7 Å². The van der Waals surface area contributed by atoms with E-state index in [1.807, 2.05) is 23.2 Å². The van der Waals surface area contributed by atoms with Gasteiger partial charge in [-0.25, -0.2) is 0 Å². The number of aromatic nitrogens is 2. The van der Waals surface area contributed by atoms with E-state index in [4.69, 9.17) is 0 Å². The summed E-state index contributed by atoms with van der Waals surface area (Å²) < 4.78 is 42.7. The molecule has 2 aliphatic carbocycles. The molecule has 0 aliphatic heterocycles. The lowest BCUT2D eigenvalue weighted by Gasteiger charge is -2.34. The molecule has 0 unspecified atom stereocenters. The first kappa shape index (κ1) is 30.5. The molecule has 1 heterocycles. The van der Waals surface area contributed by atoms with Crippen LogP contribution in [-0.2, 0) is 43.9 Å². The van der Waals surface area contributed by atoms with Gasteiger partial charge in [-0.15, -0.1) is 0 Å². The van der Waals surface area contributed by atoms with E-state index in [2.05, 4.69) is 29.1 Å². The minimum atomic E-state index is -4.56. The van der Waals surface area contributed by atoms with Crippen molar-refractivity contribution >= 4 is 17.5 Å². The Hall–Kier alpha value is -4.00. The number of benzene rings is 2. The zero-order valence-corrected chi connectivity index (χ0v) is 24.7. The molecule has 1 N–H and O–H groups in total. The Labute approximate surface area is 250 Å². The summed E-state index contributed by atoms with van der Waals surface area (Å²) in [5, 5.41) is 23.5. The van der Waals surface area contributed by atoms with Crippen LogP contribution in [0.2, 0.25) is 0 Å². The van der Waals surface area contributed by atoms with Crippen LogP contribution in [0.1, 0.15) is 72.4 Å². The Bertz CT molecular complexity index is 1500. The van der Waals surface area contributed by atoms with Gasteiger partial charge in [-0.3, -0.25) is 9.48 Å². The number of aliphatic carboxylic acids is 1. The summed E-state index contributed by atoms with van der Waals surface area (Å²) in [5.41, 5.74) is 4.37. The molecule has 10 heteroatoms. The van der Waals surface area contributed by atoms with Crippen molar-refractivity contribution in [1.29, 1.82) is 5.26 Å². The van der Waals surface area contributed by atoms with Crippen LogP contribution in [0.5, 0.6) is 0 Å². The second-order valence-electron chi connectivity index (χ2n) is 11.9. The Morgan fingerprint density at radius 3 is 2.40 bits per heavy atom. The number of halogens is 3. The number of carbonyl (C=O) groups is 1. The third-order valence-corrected chi connectivity index (χ3v) is 8.90. The van der Waals surface area contributed by atoms with Crippen molar-refractivity contribution in [2.75, 3.05) is 22.9 Å². The molecule has 43 heavy (non-hydrogen) atoms. The molecule has 0 saturated heterocycles. The van der Waals surface area contributed by atoms with Crippen LogP contribution in [-0.4, -0.2) is 33.9 Å². The Morgan fingerprint density at radius 2 is 1.79 bits per heavy atom. The van der Waals surface area contributed by atoms with Gasteiger partial charge in [0.05, 0.1) is 23.1 Å². The molecule has 1 aromatic heterocycles. The number of anilines is 2. The molecule has 0 radical (unpaired) electrons.